The summed E-state index contributed by atoms with van der Waals surface area (Å²) in [5.74, 6) is -0.463. The molecule has 1 heterocycles. The molecule has 0 spiro atoms. The van der Waals surface area contributed by atoms with Crippen LogP contribution in [0.3, 0.4) is 0 Å². The highest BCUT2D eigenvalue weighted by Crippen LogP contribution is 2.64. The van der Waals surface area contributed by atoms with Crippen LogP contribution in [0.15, 0.2) is 47.0 Å². The van der Waals surface area contributed by atoms with E-state index in [9.17, 15) is 15.0 Å². The minimum atomic E-state index is -0.467. The van der Waals surface area contributed by atoms with Crippen LogP contribution in [0.1, 0.15) is 39.5 Å². The van der Waals surface area contributed by atoms with Crippen LogP contribution in [0, 0.1) is 16.7 Å². The fourth-order valence-corrected chi connectivity index (χ4v) is 5.68. The van der Waals surface area contributed by atoms with Gasteiger partial charge in [-0.1, -0.05) is 26.3 Å². The maximum absolute atomic E-state index is 12.6. The maximum Gasteiger partial charge on any atom is 0.227 e. The van der Waals surface area contributed by atoms with Gasteiger partial charge < -0.3 is 14.9 Å². The summed E-state index contributed by atoms with van der Waals surface area (Å²) in [7, 11) is 0. The van der Waals surface area contributed by atoms with E-state index in [1.54, 1.807) is 6.08 Å². The predicted octanol–water partition coefficient (Wildman–Crippen LogP) is 3.92. The molecule has 0 radical (unpaired) electrons. The first kappa shape index (κ1) is 15.7. The van der Waals surface area contributed by atoms with E-state index in [1.807, 2.05) is 6.08 Å². The molecule has 4 atom stereocenters. The molecule has 4 rings (SSSR count). The van der Waals surface area contributed by atoms with Crippen molar-refractivity contribution in [2.24, 2.45) is 16.7 Å². The Bertz CT molecular complexity index is 741. The zero-order valence-corrected chi connectivity index (χ0v) is 14.3. The molecule has 4 nitrogen and oxygen atoms in total. The third-order valence-electron chi connectivity index (χ3n) is 6.60. The van der Waals surface area contributed by atoms with Crippen molar-refractivity contribution in [2.45, 2.75) is 45.6 Å². The molecule has 1 aliphatic heterocycles. The van der Waals surface area contributed by atoms with Crippen LogP contribution in [-0.2, 0) is 9.53 Å². The van der Waals surface area contributed by atoms with Crippen LogP contribution in [0.2, 0.25) is 0 Å². The first-order chi connectivity index (χ1) is 11.3. The SMILES string of the molecule is C=CCC1=C(O)C2=C[C@H]3OC[C@@]4(C)CCC[C@](C)(C2=C(O)C1=O)[C@H]34. The van der Waals surface area contributed by atoms with E-state index in [-0.39, 0.29) is 46.4 Å². The molecule has 24 heavy (non-hydrogen) atoms. The normalized spacial score (nSPS) is 41.1. The molecule has 4 aliphatic rings. The van der Waals surface area contributed by atoms with Crippen LogP contribution in [0.25, 0.3) is 0 Å². The van der Waals surface area contributed by atoms with E-state index in [0.29, 0.717) is 17.8 Å². The lowest BCUT2D eigenvalue weighted by Gasteiger charge is -2.53. The minimum Gasteiger partial charge on any atom is -0.507 e. The fraction of sp³-hybridized carbons (Fsp3) is 0.550. The van der Waals surface area contributed by atoms with Crippen LogP contribution < -0.4 is 0 Å². The number of aliphatic hydroxyl groups is 2. The number of carbonyl (C=O) groups is 1. The van der Waals surface area contributed by atoms with Crippen molar-refractivity contribution in [3.8, 4) is 0 Å². The number of aliphatic hydroxyl groups excluding tert-OH is 2. The van der Waals surface area contributed by atoms with Gasteiger partial charge in [-0.25, -0.2) is 0 Å². The van der Waals surface area contributed by atoms with Crippen molar-refractivity contribution in [1.82, 2.24) is 0 Å². The highest BCUT2D eigenvalue weighted by Gasteiger charge is 2.61. The summed E-state index contributed by atoms with van der Waals surface area (Å²) in [6, 6.07) is 0. The summed E-state index contributed by atoms with van der Waals surface area (Å²) in [6.07, 6.45) is 6.66. The summed E-state index contributed by atoms with van der Waals surface area (Å²) < 4.78 is 6.07. The molecule has 0 aromatic rings. The first-order valence-corrected chi connectivity index (χ1v) is 8.69. The molecule has 4 heteroatoms. The smallest absolute Gasteiger partial charge is 0.227 e. The van der Waals surface area contributed by atoms with E-state index >= 15 is 0 Å². The fourth-order valence-electron chi connectivity index (χ4n) is 5.68. The Morgan fingerprint density at radius 1 is 1.33 bits per heavy atom. The molecule has 0 aromatic carbocycles. The van der Waals surface area contributed by atoms with Crippen molar-refractivity contribution in [3.63, 3.8) is 0 Å². The summed E-state index contributed by atoms with van der Waals surface area (Å²) in [4.78, 5) is 12.6. The zero-order valence-electron chi connectivity index (χ0n) is 14.3. The lowest BCUT2D eigenvalue weighted by Crippen LogP contribution is -2.50. The number of hydrogen-bond donors (Lipinski definition) is 2. The average Bonchev–Trinajstić information content (AvgIpc) is 2.88. The van der Waals surface area contributed by atoms with Gasteiger partial charge >= 0.3 is 0 Å². The molecular weight excluding hydrogens is 304 g/mol. The number of rotatable bonds is 2. The number of Topliss-reactive ketones (excluding diaryl/α,β-unsaturated/α-hetero) is 1. The maximum atomic E-state index is 12.6. The molecule has 0 bridgehead atoms. The summed E-state index contributed by atoms with van der Waals surface area (Å²) >= 11 is 0. The van der Waals surface area contributed by atoms with E-state index < -0.39 is 5.78 Å². The van der Waals surface area contributed by atoms with Gasteiger partial charge in [0.1, 0.15) is 5.76 Å². The lowest BCUT2D eigenvalue weighted by atomic mass is 9.49. The molecular formula is C20H24O4. The highest BCUT2D eigenvalue weighted by molar-refractivity contribution is 6.10. The van der Waals surface area contributed by atoms with Gasteiger partial charge in [0.25, 0.3) is 0 Å². The molecule has 2 fully saturated rings. The quantitative estimate of drug-likeness (QED) is 0.754. The monoisotopic (exact) mass is 328 g/mol. The average molecular weight is 328 g/mol. The van der Waals surface area contributed by atoms with Gasteiger partial charge in [0.05, 0.1) is 12.7 Å². The van der Waals surface area contributed by atoms with Crippen molar-refractivity contribution in [2.75, 3.05) is 6.61 Å². The van der Waals surface area contributed by atoms with Crippen molar-refractivity contribution in [1.29, 1.82) is 0 Å². The van der Waals surface area contributed by atoms with Gasteiger partial charge in [-0.3, -0.25) is 4.79 Å². The van der Waals surface area contributed by atoms with Crippen LogP contribution >= 0.6 is 0 Å². The van der Waals surface area contributed by atoms with Gasteiger partial charge in [-0.05, 0) is 30.8 Å². The Morgan fingerprint density at radius 3 is 2.79 bits per heavy atom. The molecule has 3 aliphatic carbocycles. The third-order valence-corrected chi connectivity index (χ3v) is 6.60. The Balaban J connectivity index is 1.95. The summed E-state index contributed by atoms with van der Waals surface area (Å²) in [5, 5.41) is 21.5. The number of ketones is 1. The molecule has 1 saturated heterocycles. The van der Waals surface area contributed by atoms with E-state index in [1.165, 1.54) is 0 Å². The second kappa shape index (κ2) is 4.85. The second-order valence-electron chi connectivity index (χ2n) is 8.13. The Labute approximate surface area is 142 Å². The molecule has 0 aromatic heterocycles. The predicted molar refractivity (Wildman–Crippen MR) is 90.5 cm³/mol. The van der Waals surface area contributed by atoms with Gasteiger partial charge in [0, 0.05) is 28.1 Å². The Hall–Kier alpha value is -1.81. The second-order valence-corrected chi connectivity index (χ2v) is 8.13. The first-order valence-electron chi connectivity index (χ1n) is 8.69. The topological polar surface area (TPSA) is 66.8 Å². The van der Waals surface area contributed by atoms with Crippen molar-refractivity contribution in [3.05, 3.63) is 47.0 Å². The largest absolute Gasteiger partial charge is 0.507 e. The third kappa shape index (κ3) is 1.75. The van der Waals surface area contributed by atoms with E-state index in [0.717, 1.165) is 19.3 Å². The molecule has 0 amide bonds. The lowest BCUT2D eigenvalue weighted by molar-refractivity contribution is -0.115. The van der Waals surface area contributed by atoms with Crippen LogP contribution in [-0.4, -0.2) is 28.7 Å². The number of hydrogen-bond acceptors (Lipinski definition) is 4. The summed E-state index contributed by atoms with van der Waals surface area (Å²) in [5.41, 5.74) is 1.12. The molecule has 2 N–H and O–H groups in total. The number of fused-ring (bicyclic) bond motifs is 2. The Kier molecular flexibility index (Phi) is 3.17. The van der Waals surface area contributed by atoms with Gasteiger partial charge in [0.15, 0.2) is 5.76 Å². The van der Waals surface area contributed by atoms with Gasteiger partial charge in [0.2, 0.25) is 5.78 Å². The van der Waals surface area contributed by atoms with E-state index in [2.05, 4.69) is 20.4 Å². The van der Waals surface area contributed by atoms with Crippen molar-refractivity contribution < 1.29 is 19.7 Å². The number of ether oxygens (including phenoxy) is 1. The molecule has 0 unspecified atom stereocenters. The van der Waals surface area contributed by atoms with E-state index in [4.69, 9.17) is 4.74 Å². The Morgan fingerprint density at radius 2 is 2.08 bits per heavy atom. The molecule has 128 valence electrons. The zero-order chi connectivity index (χ0) is 17.3. The summed E-state index contributed by atoms with van der Waals surface area (Å²) in [6.45, 7) is 8.69. The van der Waals surface area contributed by atoms with Gasteiger partial charge in [-0.2, -0.15) is 0 Å². The minimum absolute atomic E-state index is 0.0184. The standard InChI is InChI=1S/C20H24O4/c1-4-6-11-15(21)12-9-13-18-19(2,10-24-13)7-5-8-20(18,3)14(12)17(23)16(11)22/h4,9,13,18,21,23H,1,5-8,10H2,2-3H3/t13-,18-,19-,20-/m1/s1. The van der Waals surface area contributed by atoms with Crippen molar-refractivity contribution >= 4 is 5.78 Å². The number of carbonyl (C=O) groups excluding carboxylic acids is 1. The number of allylic oxidation sites excluding steroid dienone is 3. The van der Waals surface area contributed by atoms with Gasteiger partial charge in [-0.15, -0.1) is 6.58 Å². The molecule has 1 saturated carbocycles. The highest BCUT2D eigenvalue weighted by atomic mass is 16.5. The van der Waals surface area contributed by atoms with Crippen LogP contribution in [0.5, 0.6) is 0 Å². The van der Waals surface area contributed by atoms with Crippen LogP contribution in [0.4, 0.5) is 0 Å².